The molecule has 1 nitrogen and oxygen atoms in total. The normalized spacial score (nSPS) is 30.6. The molecular formula is C15H20Cl2O. The van der Waals surface area contributed by atoms with Gasteiger partial charge in [-0.15, -0.1) is 11.6 Å². The standard InChI is InChI=1S/C15H20Cl2O/c1-14(2)8-7-12(15(14,18)10-16)9-11-3-5-13(17)6-4-11/h3-6,12,18H,7-10H2,1-2H3. The van der Waals surface area contributed by atoms with Crippen LogP contribution >= 0.6 is 23.2 Å². The molecule has 0 saturated heterocycles. The van der Waals surface area contributed by atoms with Gasteiger partial charge in [0.1, 0.15) is 0 Å². The van der Waals surface area contributed by atoms with E-state index in [0.29, 0.717) is 5.88 Å². The number of rotatable bonds is 3. The fraction of sp³-hybridized carbons (Fsp3) is 0.600. The van der Waals surface area contributed by atoms with Crippen molar-refractivity contribution in [2.45, 2.75) is 38.7 Å². The zero-order valence-electron chi connectivity index (χ0n) is 10.9. The quantitative estimate of drug-likeness (QED) is 0.822. The molecule has 0 spiro atoms. The Bertz CT molecular complexity index is 413. The predicted molar refractivity (Wildman–Crippen MR) is 77.3 cm³/mol. The summed E-state index contributed by atoms with van der Waals surface area (Å²) in [6, 6.07) is 7.86. The Hall–Kier alpha value is -0.240. The van der Waals surface area contributed by atoms with Crippen LogP contribution < -0.4 is 0 Å². The van der Waals surface area contributed by atoms with Crippen molar-refractivity contribution in [1.82, 2.24) is 0 Å². The molecule has 0 aliphatic heterocycles. The van der Waals surface area contributed by atoms with Crippen LogP contribution in [0.15, 0.2) is 24.3 Å². The summed E-state index contributed by atoms with van der Waals surface area (Å²) in [6.45, 7) is 4.22. The van der Waals surface area contributed by atoms with Gasteiger partial charge in [-0.2, -0.15) is 0 Å². The average molecular weight is 287 g/mol. The fourth-order valence-electron chi connectivity index (χ4n) is 3.01. The van der Waals surface area contributed by atoms with Crippen LogP contribution in [0.1, 0.15) is 32.3 Å². The summed E-state index contributed by atoms with van der Waals surface area (Å²) in [7, 11) is 0. The Morgan fingerprint density at radius 2 is 1.89 bits per heavy atom. The van der Waals surface area contributed by atoms with Gasteiger partial charge in [0, 0.05) is 5.02 Å². The van der Waals surface area contributed by atoms with Gasteiger partial charge < -0.3 is 5.11 Å². The maximum atomic E-state index is 10.8. The van der Waals surface area contributed by atoms with Crippen LogP contribution in [0.3, 0.4) is 0 Å². The molecule has 0 aromatic heterocycles. The van der Waals surface area contributed by atoms with E-state index >= 15 is 0 Å². The highest BCUT2D eigenvalue weighted by Gasteiger charge is 2.53. The Morgan fingerprint density at radius 1 is 1.28 bits per heavy atom. The van der Waals surface area contributed by atoms with Crippen molar-refractivity contribution in [1.29, 1.82) is 0 Å². The van der Waals surface area contributed by atoms with Crippen molar-refractivity contribution >= 4 is 23.2 Å². The third-order valence-electron chi connectivity index (χ3n) is 4.56. The fourth-order valence-corrected chi connectivity index (χ4v) is 3.71. The molecule has 18 heavy (non-hydrogen) atoms. The second-order valence-electron chi connectivity index (χ2n) is 6.01. The van der Waals surface area contributed by atoms with Gasteiger partial charge in [0.05, 0.1) is 11.5 Å². The zero-order chi connectivity index (χ0) is 13.4. The summed E-state index contributed by atoms with van der Waals surface area (Å²) in [5.74, 6) is 0.532. The van der Waals surface area contributed by atoms with E-state index in [2.05, 4.69) is 13.8 Å². The molecule has 2 atom stereocenters. The Balaban J connectivity index is 2.17. The van der Waals surface area contributed by atoms with Gasteiger partial charge in [-0.3, -0.25) is 0 Å². The molecule has 0 bridgehead atoms. The lowest BCUT2D eigenvalue weighted by atomic mass is 9.74. The second kappa shape index (κ2) is 5.03. The first-order chi connectivity index (χ1) is 8.39. The van der Waals surface area contributed by atoms with E-state index < -0.39 is 5.60 Å². The molecule has 1 N–H and O–H groups in total. The van der Waals surface area contributed by atoms with Crippen LogP contribution in [0, 0.1) is 11.3 Å². The van der Waals surface area contributed by atoms with Crippen LogP contribution in [0.5, 0.6) is 0 Å². The van der Waals surface area contributed by atoms with Gasteiger partial charge in [0.2, 0.25) is 0 Å². The van der Waals surface area contributed by atoms with E-state index in [-0.39, 0.29) is 11.3 Å². The van der Waals surface area contributed by atoms with Crippen LogP contribution in [0.25, 0.3) is 0 Å². The first kappa shape index (κ1) is 14.2. The van der Waals surface area contributed by atoms with E-state index in [1.54, 1.807) is 0 Å². The topological polar surface area (TPSA) is 20.2 Å². The molecule has 1 saturated carbocycles. The molecule has 2 unspecified atom stereocenters. The minimum absolute atomic E-state index is 0.105. The highest BCUT2D eigenvalue weighted by atomic mass is 35.5. The van der Waals surface area contributed by atoms with Crippen molar-refractivity contribution < 1.29 is 5.11 Å². The van der Waals surface area contributed by atoms with Gasteiger partial charge in [0.15, 0.2) is 0 Å². The van der Waals surface area contributed by atoms with E-state index in [0.717, 1.165) is 24.3 Å². The zero-order valence-corrected chi connectivity index (χ0v) is 12.4. The summed E-state index contributed by atoms with van der Waals surface area (Å²) in [5, 5.41) is 11.6. The first-order valence-corrected chi connectivity index (χ1v) is 7.33. The second-order valence-corrected chi connectivity index (χ2v) is 6.71. The van der Waals surface area contributed by atoms with Crippen molar-refractivity contribution in [3.8, 4) is 0 Å². The minimum atomic E-state index is -0.770. The predicted octanol–water partition coefficient (Wildman–Crippen LogP) is 4.29. The summed E-state index contributed by atoms with van der Waals surface area (Å²) in [5.41, 5.74) is 0.339. The van der Waals surface area contributed by atoms with Crippen molar-refractivity contribution in [2.24, 2.45) is 11.3 Å². The molecule has 1 aromatic carbocycles. The van der Waals surface area contributed by atoms with Crippen LogP contribution in [-0.4, -0.2) is 16.6 Å². The van der Waals surface area contributed by atoms with Crippen molar-refractivity contribution in [3.05, 3.63) is 34.9 Å². The summed E-state index contributed by atoms with van der Waals surface area (Å²) in [6.07, 6.45) is 2.91. The summed E-state index contributed by atoms with van der Waals surface area (Å²) in [4.78, 5) is 0. The van der Waals surface area contributed by atoms with E-state index in [4.69, 9.17) is 23.2 Å². The minimum Gasteiger partial charge on any atom is -0.388 e. The van der Waals surface area contributed by atoms with E-state index in [1.165, 1.54) is 5.56 Å². The van der Waals surface area contributed by atoms with Gasteiger partial charge in [-0.25, -0.2) is 0 Å². The van der Waals surface area contributed by atoms with Crippen molar-refractivity contribution in [3.63, 3.8) is 0 Å². The van der Waals surface area contributed by atoms with Gasteiger partial charge in [-0.1, -0.05) is 37.6 Å². The van der Waals surface area contributed by atoms with Gasteiger partial charge >= 0.3 is 0 Å². The third-order valence-corrected chi connectivity index (χ3v) is 5.22. The molecule has 1 aliphatic rings. The Kier molecular flexibility index (Phi) is 3.96. The average Bonchev–Trinajstić information content (AvgIpc) is 2.56. The van der Waals surface area contributed by atoms with Gasteiger partial charge in [0.25, 0.3) is 0 Å². The summed E-state index contributed by atoms with van der Waals surface area (Å²) < 4.78 is 0. The molecule has 2 rings (SSSR count). The third kappa shape index (κ3) is 2.41. The van der Waals surface area contributed by atoms with E-state index in [1.807, 2.05) is 24.3 Å². The smallest absolute Gasteiger partial charge is 0.0864 e. The number of benzene rings is 1. The maximum Gasteiger partial charge on any atom is 0.0864 e. The highest BCUT2D eigenvalue weighted by molar-refractivity contribution is 6.30. The Morgan fingerprint density at radius 3 is 2.44 bits per heavy atom. The van der Waals surface area contributed by atoms with E-state index in [9.17, 15) is 5.11 Å². The molecule has 1 fully saturated rings. The highest BCUT2D eigenvalue weighted by Crippen LogP contribution is 2.51. The molecule has 1 aromatic rings. The van der Waals surface area contributed by atoms with Crippen LogP contribution in [0.2, 0.25) is 5.02 Å². The summed E-state index contributed by atoms with van der Waals surface area (Å²) >= 11 is 11.9. The molecule has 3 heteroatoms. The SMILES string of the molecule is CC1(C)CCC(Cc2ccc(Cl)cc2)C1(O)CCl. The van der Waals surface area contributed by atoms with Crippen LogP contribution in [-0.2, 0) is 6.42 Å². The molecule has 100 valence electrons. The first-order valence-electron chi connectivity index (χ1n) is 6.42. The number of aliphatic hydroxyl groups is 1. The lowest BCUT2D eigenvalue weighted by Crippen LogP contribution is -2.47. The number of hydrogen-bond donors (Lipinski definition) is 1. The monoisotopic (exact) mass is 286 g/mol. The number of alkyl halides is 1. The molecule has 1 aliphatic carbocycles. The molecule has 0 radical (unpaired) electrons. The lowest BCUT2D eigenvalue weighted by Gasteiger charge is -2.39. The van der Waals surface area contributed by atoms with Crippen LogP contribution in [0.4, 0.5) is 0 Å². The molecule has 0 amide bonds. The van der Waals surface area contributed by atoms with Gasteiger partial charge in [-0.05, 0) is 48.3 Å². The molecule has 0 heterocycles. The number of hydrogen-bond acceptors (Lipinski definition) is 1. The number of halogens is 2. The maximum absolute atomic E-state index is 10.8. The Labute approximate surface area is 119 Å². The molecular weight excluding hydrogens is 267 g/mol. The van der Waals surface area contributed by atoms with Crippen molar-refractivity contribution in [2.75, 3.05) is 5.88 Å². The lowest BCUT2D eigenvalue weighted by molar-refractivity contribution is -0.0555. The largest absolute Gasteiger partial charge is 0.388 e.